The van der Waals surface area contributed by atoms with Crippen molar-refractivity contribution in [2.45, 2.75) is 6.42 Å². The minimum absolute atomic E-state index is 0.566. The van der Waals surface area contributed by atoms with Crippen LogP contribution in [0.5, 0.6) is 0 Å². The second kappa shape index (κ2) is 7.03. The van der Waals surface area contributed by atoms with Gasteiger partial charge in [-0.3, -0.25) is 4.57 Å². The van der Waals surface area contributed by atoms with Gasteiger partial charge < -0.3 is 5.32 Å². The zero-order valence-electron chi connectivity index (χ0n) is 14.0. The number of imidazole rings is 1. The Labute approximate surface area is 150 Å². The van der Waals surface area contributed by atoms with Gasteiger partial charge in [-0.2, -0.15) is 10.2 Å². The van der Waals surface area contributed by atoms with E-state index in [-0.39, 0.29) is 0 Å². The fourth-order valence-electron chi connectivity index (χ4n) is 2.83. The smallest absolute Gasteiger partial charge is 0.224 e. The van der Waals surface area contributed by atoms with Crippen LogP contribution in [0.3, 0.4) is 0 Å². The quantitative estimate of drug-likeness (QED) is 0.603. The van der Waals surface area contributed by atoms with Crippen molar-refractivity contribution in [1.29, 1.82) is 5.26 Å². The van der Waals surface area contributed by atoms with Gasteiger partial charge in [-0.05, 0) is 42.3 Å². The Morgan fingerprint density at radius 1 is 1.04 bits per heavy atom. The zero-order chi connectivity index (χ0) is 17.8. The highest BCUT2D eigenvalue weighted by molar-refractivity contribution is 5.76. The summed E-state index contributed by atoms with van der Waals surface area (Å²) in [6, 6.07) is 19.6. The normalized spacial score (nSPS) is 10.6. The van der Waals surface area contributed by atoms with E-state index in [9.17, 15) is 0 Å². The molecule has 0 aliphatic rings. The van der Waals surface area contributed by atoms with Gasteiger partial charge in [0.05, 0.1) is 22.7 Å². The van der Waals surface area contributed by atoms with E-state index in [0.29, 0.717) is 18.1 Å². The standard InChI is InChI=1S/C20H16N6/c21-13-16-5-3-4-15(12-16)8-10-22-20-23-11-9-19(25-20)26-14-24-17-6-1-2-7-18(17)26/h1-7,9,11-12,14H,8,10H2,(H,22,23,25). The largest absolute Gasteiger partial charge is 0.354 e. The molecule has 0 spiro atoms. The molecule has 26 heavy (non-hydrogen) atoms. The Morgan fingerprint density at radius 2 is 1.96 bits per heavy atom. The van der Waals surface area contributed by atoms with E-state index in [1.165, 1.54) is 0 Å². The van der Waals surface area contributed by atoms with Crippen molar-refractivity contribution in [3.63, 3.8) is 0 Å². The summed E-state index contributed by atoms with van der Waals surface area (Å²) in [6.45, 7) is 0.684. The molecule has 0 radical (unpaired) electrons. The molecular formula is C20H16N6. The third-order valence-electron chi connectivity index (χ3n) is 4.09. The first kappa shape index (κ1) is 15.8. The zero-order valence-corrected chi connectivity index (χ0v) is 14.0. The Hall–Kier alpha value is -3.72. The molecular weight excluding hydrogens is 324 g/mol. The summed E-state index contributed by atoms with van der Waals surface area (Å²) in [5.74, 6) is 1.33. The van der Waals surface area contributed by atoms with E-state index in [0.717, 1.165) is 28.8 Å². The second-order valence-electron chi connectivity index (χ2n) is 5.83. The minimum atomic E-state index is 0.566. The van der Waals surface area contributed by atoms with Crippen LogP contribution in [0.4, 0.5) is 5.95 Å². The average molecular weight is 340 g/mol. The molecule has 0 saturated heterocycles. The molecule has 6 heteroatoms. The number of benzene rings is 2. The number of aromatic nitrogens is 4. The summed E-state index contributed by atoms with van der Waals surface area (Å²) in [7, 11) is 0. The van der Waals surface area contributed by atoms with Crippen molar-refractivity contribution in [1.82, 2.24) is 19.5 Å². The maximum Gasteiger partial charge on any atom is 0.224 e. The van der Waals surface area contributed by atoms with Crippen LogP contribution in [0.25, 0.3) is 16.9 Å². The van der Waals surface area contributed by atoms with Crippen molar-refractivity contribution < 1.29 is 0 Å². The third kappa shape index (κ3) is 3.23. The van der Waals surface area contributed by atoms with Crippen LogP contribution >= 0.6 is 0 Å². The molecule has 0 atom stereocenters. The molecule has 2 heterocycles. The maximum atomic E-state index is 8.97. The fourth-order valence-corrected chi connectivity index (χ4v) is 2.83. The number of anilines is 1. The van der Waals surface area contributed by atoms with Crippen LogP contribution in [0.2, 0.25) is 0 Å². The Balaban J connectivity index is 1.49. The fraction of sp³-hybridized carbons (Fsp3) is 0.100. The van der Waals surface area contributed by atoms with E-state index in [1.807, 2.05) is 53.1 Å². The molecule has 4 rings (SSSR count). The predicted octanol–water partition coefficient (Wildman–Crippen LogP) is 3.34. The lowest BCUT2D eigenvalue weighted by Gasteiger charge is -2.08. The number of nitrogens with zero attached hydrogens (tertiary/aromatic N) is 5. The van der Waals surface area contributed by atoms with E-state index in [4.69, 9.17) is 5.26 Å². The first-order chi connectivity index (χ1) is 12.8. The third-order valence-corrected chi connectivity index (χ3v) is 4.09. The van der Waals surface area contributed by atoms with Gasteiger partial charge >= 0.3 is 0 Å². The second-order valence-corrected chi connectivity index (χ2v) is 5.83. The van der Waals surface area contributed by atoms with Gasteiger partial charge in [0, 0.05) is 12.7 Å². The van der Waals surface area contributed by atoms with Crippen molar-refractivity contribution in [3.05, 3.63) is 78.2 Å². The molecule has 0 bridgehead atoms. The molecule has 6 nitrogen and oxygen atoms in total. The van der Waals surface area contributed by atoms with Crippen molar-refractivity contribution in [3.8, 4) is 11.9 Å². The average Bonchev–Trinajstić information content (AvgIpc) is 3.13. The molecule has 0 aliphatic carbocycles. The van der Waals surface area contributed by atoms with Gasteiger partial charge in [0.25, 0.3) is 0 Å². The molecule has 4 aromatic rings. The molecule has 126 valence electrons. The van der Waals surface area contributed by atoms with E-state index >= 15 is 0 Å². The van der Waals surface area contributed by atoms with E-state index < -0.39 is 0 Å². The Kier molecular flexibility index (Phi) is 4.27. The molecule has 0 fully saturated rings. The van der Waals surface area contributed by atoms with Crippen LogP contribution in [0, 0.1) is 11.3 Å². The van der Waals surface area contributed by atoms with Crippen molar-refractivity contribution in [2.24, 2.45) is 0 Å². The van der Waals surface area contributed by atoms with Crippen LogP contribution in [-0.4, -0.2) is 26.1 Å². The molecule has 0 amide bonds. The molecule has 2 aromatic heterocycles. The lowest BCUT2D eigenvalue weighted by atomic mass is 10.1. The monoisotopic (exact) mass is 340 g/mol. The summed E-state index contributed by atoms with van der Waals surface area (Å²) < 4.78 is 1.94. The summed E-state index contributed by atoms with van der Waals surface area (Å²) in [6.07, 6.45) is 4.29. The number of para-hydroxylation sites is 2. The molecule has 0 saturated carbocycles. The maximum absolute atomic E-state index is 8.97. The van der Waals surface area contributed by atoms with Crippen LogP contribution in [-0.2, 0) is 6.42 Å². The van der Waals surface area contributed by atoms with Crippen molar-refractivity contribution >= 4 is 17.0 Å². The Bertz CT molecular complexity index is 1090. The van der Waals surface area contributed by atoms with Gasteiger partial charge in [-0.1, -0.05) is 24.3 Å². The summed E-state index contributed by atoms with van der Waals surface area (Å²) in [5, 5.41) is 12.2. The molecule has 0 unspecified atom stereocenters. The van der Waals surface area contributed by atoms with Gasteiger partial charge in [-0.25, -0.2) is 9.97 Å². The summed E-state index contributed by atoms with van der Waals surface area (Å²) in [4.78, 5) is 13.3. The highest BCUT2D eigenvalue weighted by Crippen LogP contribution is 2.16. The van der Waals surface area contributed by atoms with Crippen LogP contribution in [0.1, 0.15) is 11.1 Å². The highest BCUT2D eigenvalue weighted by Gasteiger charge is 2.06. The number of nitriles is 1. The number of nitrogens with one attached hydrogen (secondary N) is 1. The number of rotatable bonds is 5. The molecule has 0 aliphatic heterocycles. The summed E-state index contributed by atoms with van der Waals surface area (Å²) >= 11 is 0. The van der Waals surface area contributed by atoms with Gasteiger partial charge in [0.1, 0.15) is 12.1 Å². The number of hydrogen-bond donors (Lipinski definition) is 1. The SMILES string of the molecule is N#Cc1cccc(CCNc2nccc(-n3cnc4ccccc43)n2)c1. The van der Waals surface area contributed by atoms with Crippen LogP contribution in [0.15, 0.2) is 67.1 Å². The van der Waals surface area contributed by atoms with Crippen LogP contribution < -0.4 is 5.32 Å². The van der Waals surface area contributed by atoms with Gasteiger partial charge in [0.15, 0.2) is 0 Å². The minimum Gasteiger partial charge on any atom is -0.354 e. The predicted molar refractivity (Wildman–Crippen MR) is 100 cm³/mol. The Morgan fingerprint density at radius 3 is 2.88 bits per heavy atom. The van der Waals surface area contributed by atoms with Gasteiger partial charge in [0.2, 0.25) is 5.95 Å². The summed E-state index contributed by atoms with van der Waals surface area (Å²) in [5.41, 5.74) is 3.71. The van der Waals surface area contributed by atoms with Crippen molar-refractivity contribution in [2.75, 3.05) is 11.9 Å². The lowest BCUT2D eigenvalue weighted by molar-refractivity contribution is 0.953. The first-order valence-electron chi connectivity index (χ1n) is 8.32. The molecule has 2 aromatic carbocycles. The molecule has 1 N–H and O–H groups in total. The topological polar surface area (TPSA) is 79.4 Å². The van der Waals surface area contributed by atoms with E-state index in [1.54, 1.807) is 18.6 Å². The first-order valence-corrected chi connectivity index (χ1v) is 8.32. The highest BCUT2D eigenvalue weighted by atomic mass is 15.2. The number of hydrogen-bond acceptors (Lipinski definition) is 5. The van der Waals surface area contributed by atoms with Gasteiger partial charge in [-0.15, -0.1) is 0 Å². The number of fused-ring (bicyclic) bond motifs is 1. The van der Waals surface area contributed by atoms with E-state index in [2.05, 4.69) is 26.3 Å². The lowest BCUT2D eigenvalue weighted by Crippen LogP contribution is -2.09.